The molecule has 0 aromatic heterocycles. The van der Waals surface area contributed by atoms with Crippen LogP contribution in [0.5, 0.6) is 0 Å². The van der Waals surface area contributed by atoms with Crippen molar-refractivity contribution in [2.75, 3.05) is 19.9 Å². The third-order valence-corrected chi connectivity index (χ3v) is 5.40. The minimum absolute atomic E-state index is 1.29. The topological polar surface area (TPSA) is 38.7 Å². The predicted octanol–water partition coefficient (Wildman–Crippen LogP) is 4.53. The molecule has 0 atom stereocenters. The van der Waals surface area contributed by atoms with E-state index in [0.29, 0.717) is 0 Å². The Hall–Kier alpha value is 0.790. The number of rotatable bonds is 3. The summed E-state index contributed by atoms with van der Waals surface area (Å²) in [6.07, 6.45) is -4.45. The van der Waals surface area contributed by atoms with Gasteiger partial charge in [-0.1, -0.05) is 0 Å². The first-order chi connectivity index (χ1) is 5.91. The second kappa shape index (κ2) is 4.75. The largest absolute Gasteiger partial charge is 0.412 e. The molecule has 0 unspecified atom stereocenters. The molecule has 0 radical (unpaired) electrons. The van der Waals surface area contributed by atoms with Crippen molar-refractivity contribution in [2.24, 2.45) is 4.52 Å². The average molecular weight is 292 g/mol. The number of hydrogen-bond acceptors (Lipinski definition) is 2. The Morgan fingerprint density at radius 3 is 2.07 bits per heavy atom. The molecule has 0 amide bonds. The van der Waals surface area contributed by atoms with Gasteiger partial charge >= 0.3 is 12.2 Å². The Labute approximate surface area is 89.1 Å². The van der Waals surface area contributed by atoms with Crippen LogP contribution in [0.15, 0.2) is 4.52 Å². The fraction of sp³-hybridized carbons (Fsp3) is 1.00. The second-order valence-electron chi connectivity index (χ2n) is 2.71. The van der Waals surface area contributed by atoms with Gasteiger partial charge in [-0.15, -0.1) is 0 Å². The summed E-state index contributed by atoms with van der Waals surface area (Å²) in [7, 11) is -2.78. The average Bonchev–Trinajstić information content (AvgIpc) is 1.76. The molecule has 0 rings (SSSR count). The highest BCUT2D eigenvalue weighted by molar-refractivity contribution is 8.09. The van der Waals surface area contributed by atoms with Gasteiger partial charge in [0, 0.05) is 0 Å². The lowest BCUT2D eigenvalue weighted by atomic mass is 10.7. The first-order valence-corrected chi connectivity index (χ1v) is 9.23. The summed E-state index contributed by atoms with van der Waals surface area (Å²) in [5, 5.41) is 0. The van der Waals surface area contributed by atoms with Crippen molar-refractivity contribution >= 4 is 35.8 Å². The van der Waals surface area contributed by atoms with Crippen LogP contribution >= 0.6 is 35.8 Å². The van der Waals surface area contributed by atoms with Gasteiger partial charge in [0.25, 0.3) is 0 Å². The first kappa shape index (κ1) is 14.8. The highest BCUT2D eigenvalue weighted by atomic mass is 35.9. The maximum absolute atomic E-state index is 11.7. The maximum atomic E-state index is 11.7. The van der Waals surface area contributed by atoms with Crippen molar-refractivity contribution in [1.82, 2.24) is 0 Å². The van der Waals surface area contributed by atoms with Gasteiger partial charge in [-0.05, 0) is 35.8 Å². The fourth-order valence-electron chi connectivity index (χ4n) is 0.508. The zero-order chi connectivity index (χ0) is 11.6. The van der Waals surface area contributed by atoms with E-state index in [2.05, 4.69) is 9.04 Å². The maximum Gasteiger partial charge on any atom is 0.412 e. The third-order valence-electron chi connectivity index (χ3n) is 0.864. The van der Waals surface area contributed by atoms with E-state index < -0.39 is 26.1 Å². The summed E-state index contributed by atoms with van der Waals surface area (Å²) in [4.78, 5) is 0. The molecule has 0 aliphatic carbocycles. The van der Waals surface area contributed by atoms with E-state index in [1.54, 1.807) is 0 Å². The molecule has 14 heavy (non-hydrogen) atoms. The van der Waals surface area contributed by atoms with Crippen LogP contribution in [0, 0.1) is 0 Å². The molecule has 0 aromatic rings. The third kappa shape index (κ3) is 9.35. The summed E-state index contributed by atoms with van der Waals surface area (Å²) in [5.41, 5.74) is 0. The molecule has 0 heterocycles. The number of hydrogen-bond donors (Lipinski definition) is 0. The van der Waals surface area contributed by atoms with Crippen LogP contribution < -0.4 is 0 Å². The van der Waals surface area contributed by atoms with E-state index in [-0.39, 0.29) is 0 Å². The lowest BCUT2D eigenvalue weighted by Crippen LogP contribution is -2.15. The van der Waals surface area contributed by atoms with Gasteiger partial charge < -0.3 is 4.52 Å². The van der Waals surface area contributed by atoms with E-state index in [1.165, 1.54) is 13.3 Å². The summed E-state index contributed by atoms with van der Waals surface area (Å²) >= 11 is 10.2. The Bertz CT molecular complexity index is 293. The van der Waals surface area contributed by atoms with Gasteiger partial charge in [0.05, 0.1) is 7.28 Å². The van der Waals surface area contributed by atoms with Crippen LogP contribution in [-0.2, 0) is 9.09 Å². The van der Waals surface area contributed by atoms with Gasteiger partial charge in [-0.2, -0.15) is 17.7 Å². The van der Waals surface area contributed by atoms with E-state index in [0.717, 1.165) is 0 Å². The molecule has 0 N–H and O–H groups in total. The summed E-state index contributed by atoms with van der Waals surface area (Å²) in [6.45, 7) is 1.12. The van der Waals surface area contributed by atoms with Crippen molar-refractivity contribution in [3.8, 4) is 0 Å². The van der Waals surface area contributed by atoms with Gasteiger partial charge in [-0.3, -0.25) is 4.57 Å². The van der Waals surface area contributed by atoms with Crippen molar-refractivity contribution in [1.29, 1.82) is 0 Å². The predicted molar refractivity (Wildman–Crippen MR) is 52.5 cm³/mol. The lowest BCUT2D eigenvalue weighted by Gasteiger charge is -2.16. The zero-order valence-electron chi connectivity index (χ0n) is 7.26. The fourth-order valence-corrected chi connectivity index (χ4v) is 6.11. The monoisotopic (exact) mass is 291 g/mol. The molecule has 0 spiro atoms. The Kier molecular flexibility index (Phi) is 5.02. The quantitative estimate of drug-likeness (QED) is 0.717. The highest BCUT2D eigenvalue weighted by Crippen LogP contribution is 2.66. The molecular formula is C4H8Cl2F3NO2P2. The smallest absolute Gasteiger partial charge is 0.335 e. The van der Waals surface area contributed by atoms with Crippen molar-refractivity contribution in [2.45, 2.75) is 6.18 Å². The van der Waals surface area contributed by atoms with E-state index in [9.17, 15) is 17.7 Å². The Morgan fingerprint density at radius 1 is 1.36 bits per heavy atom. The molecule has 0 aromatic carbocycles. The molecule has 0 fully saturated rings. The number of halogens is 5. The molecule has 0 aliphatic heterocycles. The molecule has 3 nitrogen and oxygen atoms in total. The van der Waals surface area contributed by atoms with Gasteiger partial charge in [-0.25, -0.2) is 0 Å². The van der Waals surface area contributed by atoms with Gasteiger partial charge in [0.15, 0.2) is 0 Å². The minimum Gasteiger partial charge on any atom is -0.335 e. The van der Waals surface area contributed by atoms with Crippen LogP contribution in [0.25, 0.3) is 0 Å². The SMILES string of the molecule is CP(C)(=NP(=O)(Cl)Cl)OCC(F)(F)F. The molecule has 10 heteroatoms. The summed E-state index contributed by atoms with van der Waals surface area (Å²) in [6, 6.07) is 0. The van der Waals surface area contributed by atoms with E-state index in [4.69, 9.17) is 22.5 Å². The second-order valence-corrected chi connectivity index (χ2v) is 10.4. The summed E-state index contributed by atoms with van der Waals surface area (Å²) in [5.74, 6) is -3.74. The van der Waals surface area contributed by atoms with Crippen molar-refractivity contribution in [3.05, 3.63) is 0 Å². The van der Waals surface area contributed by atoms with Gasteiger partial charge in [0.1, 0.15) is 6.61 Å². The molecule has 0 aliphatic rings. The molecular weight excluding hydrogens is 284 g/mol. The van der Waals surface area contributed by atoms with Crippen molar-refractivity contribution in [3.63, 3.8) is 0 Å². The highest BCUT2D eigenvalue weighted by Gasteiger charge is 2.30. The molecule has 86 valence electrons. The van der Waals surface area contributed by atoms with E-state index >= 15 is 0 Å². The standard InChI is InChI=1S/C4H8Cl2F3NO2P2/c1-13(2,10-14(5,6)11)12-3-4(7,8)9/h3H2,1-2H3. The van der Waals surface area contributed by atoms with Crippen LogP contribution in [0.3, 0.4) is 0 Å². The molecule has 0 saturated carbocycles. The lowest BCUT2D eigenvalue weighted by molar-refractivity contribution is -0.152. The Balaban J connectivity index is 4.52. The van der Waals surface area contributed by atoms with Crippen LogP contribution in [0.1, 0.15) is 0 Å². The van der Waals surface area contributed by atoms with Crippen LogP contribution in [-0.4, -0.2) is 26.1 Å². The van der Waals surface area contributed by atoms with Crippen molar-refractivity contribution < 1.29 is 22.3 Å². The molecule has 0 saturated heterocycles. The Morgan fingerprint density at radius 2 is 1.79 bits per heavy atom. The summed E-state index contributed by atoms with van der Waals surface area (Å²) < 4.78 is 53.8. The first-order valence-electron chi connectivity index (χ1n) is 3.21. The number of alkyl halides is 3. The minimum atomic E-state index is -4.45. The normalized spacial score (nSPS) is 14.2. The number of nitrogens with zero attached hydrogens (tertiary/aromatic N) is 1. The van der Waals surface area contributed by atoms with Crippen LogP contribution in [0.4, 0.5) is 13.2 Å². The van der Waals surface area contributed by atoms with Gasteiger partial charge in [0.2, 0.25) is 0 Å². The van der Waals surface area contributed by atoms with Crippen LogP contribution in [0.2, 0.25) is 0 Å². The zero-order valence-corrected chi connectivity index (χ0v) is 10.6. The van der Waals surface area contributed by atoms with E-state index in [1.807, 2.05) is 0 Å². The molecule has 0 bridgehead atoms.